The van der Waals surface area contributed by atoms with Crippen molar-refractivity contribution >= 4 is 33.1 Å². The number of carbonyl (C=O) groups is 1. The quantitative estimate of drug-likeness (QED) is 0.859. The van der Waals surface area contributed by atoms with Crippen LogP contribution in [0.15, 0.2) is 18.3 Å². The number of pyridine rings is 1. The molecular weight excluding hydrogens is 286 g/mol. The van der Waals surface area contributed by atoms with Crippen LogP contribution < -0.4 is 11.1 Å². The van der Waals surface area contributed by atoms with Gasteiger partial charge in [0.2, 0.25) is 0 Å². The van der Waals surface area contributed by atoms with E-state index in [0.717, 1.165) is 30.6 Å². The van der Waals surface area contributed by atoms with Crippen LogP contribution in [0, 0.1) is 5.41 Å². The van der Waals surface area contributed by atoms with Crippen molar-refractivity contribution in [3.8, 4) is 0 Å². The summed E-state index contributed by atoms with van der Waals surface area (Å²) in [6.07, 6.45) is 4.99. The molecule has 5 nitrogen and oxygen atoms in total. The van der Waals surface area contributed by atoms with Crippen molar-refractivity contribution in [2.75, 3.05) is 26.0 Å². The van der Waals surface area contributed by atoms with Gasteiger partial charge in [0, 0.05) is 26.5 Å². The summed E-state index contributed by atoms with van der Waals surface area (Å²) in [7, 11) is 1.71. The van der Waals surface area contributed by atoms with Gasteiger partial charge in [-0.2, -0.15) is 0 Å². The second-order valence-corrected chi connectivity index (χ2v) is 6.67. The van der Waals surface area contributed by atoms with Crippen LogP contribution in [-0.4, -0.2) is 31.2 Å². The Kier molecular flexibility index (Phi) is 3.82. The van der Waals surface area contributed by atoms with Gasteiger partial charge in [-0.15, -0.1) is 11.3 Å². The molecule has 21 heavy (non-hydrogen) atoms. The molecule has 2 heterocycles. The van der Waals surface area contributed by atoms with E-state index in [1.807, 2.05) is 12.1 Å². The van der Waals surface area contributed by atoms with E-state index < -0.39 is 0 Å². The lowest BCUT2D eigenvalue weighted by Crippen LogP contribution is -2.30. The Balaban J connectivity index is 1.69. The van der Waals surface area contributed by atoms with Gasteiger partial charge in [-0.3, -0.25) is 9.78 Å². The van der Waals surface area contributed by atoms with Gasteiger partial charge < -0.3 is 15.8 Å². The van der Waals surface area contributed by atoms with Crippen molar-refractivity contribution in [1.29, 1.82) is 0 Å². The SMILES string of the molecule is COCCC1(CNC(=O)c2sc3cccnc3c2N)CC1. The topological polar surface area (TPSA) is 77.2 Å². The van der Waals surface area contributed by atoms with Gasteiger partial charge in [-0.05, 0) is 36.8 Å². The highest BCUT2D eigenvalue weighted by molar-refractivity contribution is 7.21. The summed E-state index contributed by atoms with van der Waals surface area (Å²) >= 11 is 1.40. The number of carbonyl (C=O) groups excluding carboxylic acids is 1. The first-order valence-corrected chi connectivity index (χ1v) is 7.87. The van der Waals surface area contributed by atoms with Crippen molar-refractivity contribution in [2.45, 2.75) is 19.3 Å². The number of ether oxygens (including phenoxy) is 1. The first kappa shape index (κ1) is 14.3. The van der Waals surface area contributed by atoms with Crippen LogP contribution in [0.4, 0.5) is 5.69 Å². The number of anilines is 1. The molecule has 0 aromatic carbocycles. The summed E-state index contributed by atoms with van der Waals surface area (Å²) in [5.74, 6) is -0.0980. The third kappa shape index (κ3) is 2.87. The standard InChI is InChI=1S/C15H19N3O2S/c1-20-8-6-15(4-5-15)9-18-14(19)13-11(16)12-10(21-13)3-2-7-17-12/h2-3,7H,4-6,8-9,16H2,1H3,(H,18,19). The molecule has 0 unspecified atom stereocenters. The predicted molar refractivity (Wildman–Crippen MR) is 84.5 cm³/mol. The summed E-state index contributed by atoms with van der Waals surface area (Å²) in [6, 6.07) is 3.78. The summed E-state index contributed by atoms with van der Waals surface area (Å²) in [5, 5.41) is 3.02. The summed E-state index contributed by atoms with van der Waals surface area (Å²) in [4.78, 5) is 17.1. The lowest BCUT2D eigenvalue weighted by atomic mass is 10.0. The van der Waals surface area contributed by atoms with E-state index in [0.29, 0.717) is 22.6 Å². The third-order valence-corrected chi connectivity index (χ3v) is 5.27. The zero-order valence-corrected chi connectivity index (χ0v) is 12.8. The largest absolute Gasteiger partial charge is 0.396 e. The number of fused-ring (bicyclic) bond motifs is 1. The molecule has 3 rings (SSSR count). The van der Waals surface area contributed by atoms with Crippen molar-refractivity contribution in [2.24, 2.45) is 5.41 Å². The number of nitrogens with two attached hydrogens (primary N) is 1. The van der Waals surface area contributed by atoms with Gasteiger partial charge in [0.1, 0.15) is 10.4 Å². The number of rotatable bonds is 6. The molecule has 0 saturated heterocycles. The van der Waals surface area contributed by atoms with Crippen LogP contribution in [-0.2, 0) is 4.74 Å². The Hall–Kier alpha value is -1.66. The van der Waals surface area contributed by atoms with E-state index >= 15 is 0 Å². The maximum Gasteiger partial charge on any atom is 0.263 e. The summed E-state index contributed by atoms with van der Waals surface area (Å²) in [5.41, 5.74) is 7.47. The first-order valence-electron chi connectivity index (χ1n) is 7.05. The van der Waals surface area contributed by atoms with E-state index in [1.165, 1.54) is 11.3 Å². The molecule has 1 fully saturated rings. The van der Waals surface area contributed by atoms with Crippen LogP contribution in [0.1, 0.15) is 28.9 Å². The van der Waals surface area contributed by atoms with Gasteiger partial charge in [-0.25, -0.2) is 0 Å². The minimum Gasteiger partial charge on any atom is -0.396 e. The fourth-order valence-electron chi connectivity index (χ4n) is 2.47. The third-order valence-electron chi connectivity index (χ3n) is 4.11. The molecule has 0 radical (unpaired) electrons. The molecule has 112 valence electrons. The Labute approximate surface area is 127 Å². The van der Waals surface area contributed by atoms with Gasteiger partial charge >= 0.3 is 0 Å². The van der Waals surface area contributed by atoms with Crippen molar-refractivity contribution < 1.29 is 9.53 Å². The maximum atomic E-state index is 12.3. The fourth-order valence-corrected chi connectivity index (χ4v) is 3.47. The zero-order valence-electron chi connectivity index (χ0n) is 12.0. The highest BCUT2D eigenvalue weighted by atomic mass is 32.1. The molecule has 1 aliphatic carbocycles. The van der Waals surface area contributed by atoms with E-state index in [2.05, 4.69) is 10.3 Å². The van der Waals surface area contributed by atoms with E-state index in [9.17, 15) is 4.79 Å². The van der Waals surface area contributed by atoms with Crippen molar-refractivity contribution in [3.05, 3.63) is 23.2 Å². The van der Waals surface area contributed by atoms with Crippen LogP contribution in [0.3, 0.4) is 0 Å². The normalized spacial score (nSPS) is 16.0. The number of methoxy groups -OCH3 is 1. The minimum atomic E-state index is -0.0980. The molecular formula is C15H19N3O2S. The van der Waals surface area contributed by atoms with E-state index in [1.54, 1.807) is 13.3 Å². The Morgan fingerprint density at radius 2 is 2.38 bits per heavy atom. The second-order valence-electron chi connectivity index (χ2n) is 5.62. The molecule has 2 aromatic heterocycles. The Morgan fingerprint density at radius 1 is 1.57 bits per heavy atom. The number of nitrogen functional groups attached to an aromatic ring is 1. The minimum absolute atomic E-state index is 0.0980. The first-order chi connectivity index (χ1) is 10.2. The van der Waals surface area contributed by atoms with E-state index in [4.69, 9.17) is 10.5 Å². The highest BCUT2D eigenvalue weighted by Crippen LogP contribution is 2.48. The molecule has 2 aromatic rings. The second kappa shape index (κ2) is 5.61. The van der Waals surface area contributed by atoms with Gasteiger partial charge in [0.25, 0.3) is 5.91 Å². The van der Waals surface area contributed by atoms with Gasteiger partial charge in [-0.1, -0.05) is 0 Å². The van der Waals surface area contributed by atoms with Crippen LogP contribution >= 0.6 is 11.3 Å². The fraction of sp³-hybridized carbons (Fsp3) is 0.467. The average molecular weight is 305 g/mol. The van der Waals surface area contributed by atoms with Crippen molar-refractivity contribution in [3.63, 3.8) is 0 Å². The van der Waals surface area contributed by atoms with Crippen LogP contribution in [0.2, 0.25) is 0 Å². The summed E-state index contributed by atoms with van der Waals surface area (Å²) < 4.78 is 6.07. The molecule has 1 aliphatic rings. The van der Waals surface area contributed by atoms with Crippen LogP contribution in [0.25, 0.3) is 10.2 Å². The van der Waals surface area contributed by atoms with Gasteiger partial charge in [0.05, 0.1) is 10.4 Å². The van der Waals surface area contributed by atoms with Crippen molar-refractivity contribution in [1.82, 2.24) is 10.3 Å². The Morgan fingerprint density at radius 3 is 3.05 bits per heavy atom. The number of hydrogen-bond donors (Lipinski definition) is 2. The van der Waals surface area contributed by atoms with Gasteiger partial charge in [0.15, 0.2) is 0 Å². The maximum absolute atomic E-state index is 12.3. The molecule has 1 saturated carbocycles. The predicted octanol–water partition coefficient (Wildman–Crippen LogP) is 2.43. The van der Waals surface area contributed by atoms with Crippen LogP contribution in [0.5, 0.6) is 0 Å². The monoisotopic (exact) mass is 305 g/mol. The molecule has 0 spiro atoms. The zero-order chi connectivity index (χ0) is 14.9. The molecule has 0 aliphatic heterocycles. The number of amides is 1. The molecule has 0 atom stereocenters. The lowest BCUT2D eigenvalue weighted by Gasteiger charge is -2.15. The number of thiophene rings is 1. The molecule has 3 N–H and O–H groups in total. The lowest BCUT2D eigenvalue weighted by molar-refractivity contribution is 0.0943. The number of aromatic nitrogens is 1. The highest BCUT2D eigenvalue weighted by Gasteiger charge is 2.42. The summed E-state index contributed by atoms with van der Waals surface area (Å²) in [6.45, 7) is 1.43. The number of nitrogens with one attached hydrogen (secondary N) is 1. The number of hydrogen-bond acceptors (Lipinski definition) is 5. The number of nitrogens with zero attached hydrogens (tertiary/aromatic N) is 1. The molecule has 0 bridgehead atoms. The Bertz CT molecular complexity index is 664. The van der Waals surface area contributed by atoms with E-state index in [-0.39, 0.29) is 11.3 Å². The average Bonchev–Trinajstić information content (AvgIpc) is 3.21. The molecule has 6 heteroatoms. The smallest absolute Gasteiger partial charge is 0.263 e. The molecule has 1 amide bonds.